The van der Waals surface area contributed by atoms with E-state index in [1.165, 1.54) is 49.5 Å². The minimum absolute atomic E-state index is 0.0153. The van der Waals surface area contributed by atoms with Gasteiger partial charge in [0.15, 0.2) is 0 Å². The summed E-state index contributed by atoms with van der Waals surface area (Å²) in [6, 6.07) is 17.2. The summed E-state index contributed by atoms with van der Waals surface area (Å²) in [6.07, 6.45) is -0.0153. The first kappa shape index (κ1) is 22.4. The van der Waals surface area contributed by atoms with Gasteiger partial charge in [0.25, 0.3) is 15.9 Å². The summed E-state index contributed by atoms with van der Waals surface area (Å²) in [6.45, 7) is 1.64. The largest absolute Gasteiger partial charge is 0.349 e. The van der Waals surface area contributed by atoms with Crippen LogP contribution in [0.5, 0.6) is 0 Å². The van der Waals surface area contributed by atoms with Crippen molar-refractivity contribution in [1.29, 1.82) is 0 Å². The van der Waals surface area contributed by atoms with Crippen LogP contribution in [0, 0.1) is 11.6 Å². The molecule has 0 fully saturated rings. The van der Waals surface area contributed by atoms with Gasteiger partial charge < -0.3 is 5.32 Å². The Balaban J connectivity index is 1.70. The molecule has 3 aromatic carbocycles. The summed E-state index contributed by atoms with van der Waals surface area (Å²) in [5.74, 6) is -1.80. The number of benzene rings is 3. The van der Waals surface area contributed by atoms with Gasteiger partial charge in [0.1, 0.15) is 11.6 Å². The summed E-state index contributed by atoms with van der Waals surface area (Å²) in [4.78, 5) is 12.5. The van der Waals surface area contributed by atoms with Crippen molar-refractivity contribution in [2.24, 2.45) is 0 Å². The molecule has 3 aromatic rings. The van der Waals surface area contributed by atoms with E-state index < -0.39 is 33.6 Å². The molecule has 3 rings (SSSR count). The van der Waals surface area contributed by atoms with Gasteiger partial charge in [-0.2, -0.15) is 0 Å². The molecular weight excluding hydrogens is 422 g/mol. The van der Waals surface area contributed by atoms with Crippen LogP contribution in [0.2, 0.25) is 0 Å². The van der Waals surface area contributed by atoms with Crippen molar-refractivity contribution in [1.82, 2.24) is 5.32 Å². The molecule has 1 N–H and O–H groups in total. The Morgan fingerprint density at radius 1 is 0.935 bits per heavy atom. The number of amides is 1. The predicted molar refractivity (Wildman–Crippen MR) is 115 cm³/mol. The highest BCUT2D eigenvalue weighted by atomic mass is 32.2. The standard InChI is InChI=1S/C23H22F2N2O3S/c1-16(15-20-21(24)9-6-10-22(20)25)26-23(28)17-11-13-19(14-12-17)31(29,30)27(2)18-7-4-3-5-8-18/h3-14,16H,15H2,1-2H3,(H,26,28). The number of carbonyl (C=O) groups is 1. The summed E-state index contributed by atoms with van der Waals surface area (Å²) >= 11 is 0. The average Bonchev–Trinajstić information content (AvgIpc) is 2.76. The van der Waals surface area contributed by atoms with E-state index in [2.05, 4.69) is 5.32 Å². The highest BCUT2D eigenvalue weighted by Gasteiger charge is 2.22. The van der Waals surface area contributed by atoms with E-state index in [-0.39, 0.29) is 22.4 Å². The number of hydrogen-bond acceptors (Lipinski definition) is 3. The molecule has 0 saturated carbocycles. The number of nitrogens with zero attached hydrogens (tertiary/aromatic N) is 1. The number of hydrogen-bond donors (Lipinski definition) is 1. The number of halogens is 2. The van der Waals surface area contributed by atoms with Gasteiger partial charge in [-0.1, -0.05) is 24.3 Å². The lowest BCUT2D eigenvalue weighted by molar-refractivity contribution is 0.0939. The Morgan fingerprint density at radius 2 is 1.52 bits per heavy atom. The maximum absolute atomic E-state index is 13.8. The number of sulfonamides is 1. The third-order valence-corrected chi connectivity index (χ3v) is 6.64. The zero-order valence-corrected chi connectivity index (χ0v) is 17.9. The lowest BCUT2D eigenvalue weighted by atomic mass is 10.1. The zero-order chi connectivity index (χ0) is 22.6. The van der Waals surface area contributed by atoms with Crippen LogP contribution in [0.4, 0.5) is 14.5 Å². The molecular formula is C23H22F2N2O3S. The van der Waals surface area contributed by atoms with E-state index >= 15 is 0 Å². The molecule has 0 spiro atoms. The summed E-state index contributed by atoms with van der Waals surface area (Å²) in [5.41, 5.74) is 0.654. The Hall–Kier alpha value is -3.26. The molecule has 1 amide bonds. The molecule has 162 valence electrons. The molecule has 0 heterocycles. The fraction of sp³-hybridized carbons (Fsp3) is 0.174. The zero-order valence-electron chi connectivity index (χ0n) is 17.0. The van der Waals surface area contributed by atoms with Crippen LogP contribution in [0.1, 0.15) is 22.8 Å². The number of rotatable bonds is 7. The van der Waals surface area contributed by atoms with Gasteiger partial charge in [0.05, 0.1) is 10.6 Å². The lowest BCUT2D eigenvalue weighted by Gasteiger charge is -2.19. The van der Waals surface area contributed by atoms with Gasteiger partial charge in [-0.25, -0.2) is 17.2 Å². The second-order valence-electron chi connectivity index (χ2n) is 7.11. The third kappa shape index (κ3) is 5.08. The Kier molecular flexibility index (Phi) is 6.70. The van der Waals surface area contributed by atoms with Crippen molar-refractivity contribution >= 4 is 21.6 Å². The summed E-state index contributed by atoms with van der Waals surface area (Å²) in [7, 11) is -2.34. The summed E-state index contributed by atoms with van der Waals surface area (Å²) in [5, 5.41) is 2.67. The van der Waals surface area contributed by atoms with Crippen molar-refractivity contribution in [3.05, 3.63) is 95.6 Å². The molecule has 0 aliphatic heterocycles. The molecule has 0 radical (unpaired) electrons. The van der Waals surface area contributed by atoms with Crippen LogP contribution in [0.3, 0.4) is 0 Å². The second-order valence-corrected chi connectivity index (χ2v) is 9.08. The van der Waals surface area contributed by atoms with Gasteiger partial charge in [0.2, 0.25) is 0 Å². The Labute approximate surface area is 180 Å². The highest BCUT2D eigenvalue weighted by molar-refractivity contribution is 7.92. The first-order valence-corrected chi connectivity index (χ1v) is 11.0. The Bertz CT molecular complexity index is 1150. The molecule has 31 heavy (non-hydrogen) atoms. The molecule has 0 aromatic heterocycles. The average molecular weight is 445 g/mol. The van der Waals surface area contributed by atoms with E-state index in [4.69, 9.17) is 0 Å². The molecule has 0 bridgehead atoms. The number of para-hydroxylation sites is 1. The van der Waals surface area contributed by atoms with E-state index in [1.54, 1.807) is 37.3 Å². The van der Waals surface area contributed by atoms with E-state index in [0.717, 1.165) is 4.31 Å². The van der Waals surface area contributed by atoms with E-state index in [1.807, 2.05) is 0 Å². The van der Waals surface area contributed by atoms with Crippen molar-refractivity contribution in [2.75, 3.05) is 11.4 Å². The highest BCUT2D eigenvalue weighted by Crippen LogP contribution is 2.22. The SMILES string of the molecule is CC(Cc1c(F)cccc1F)NC(=O)c1ccc(S(=O)(=O)N(C)c2ccccc2)cc1. The fourth-order valence-electron chi connectivity index (χ4n) is 3.10. The maximum atomic E-state index is 13.8. The summed E-state index contributed by atoms with van der Waals surface area (Å²) < 4.78 is 54.4. The van der Waals surface area contributed by atoms with Gasteiger partial charge in [-0.3, -0.25) is 9.10 Å². The monoisotopic (exact) mass is 444 g/mol. The maximum Gasteiger partial charge on any atom is 0.264 e. The molecule has 0 aliphatic rings. The van der Waals surface area contributed by atoms with Crippen LogP contribution in [0.15, 0.2) is 77.7 Å². The quantitative estimate of drug-likeness (QED) is 0.595. The van der Waals surface area contributed by atoms with E-state index in [9.17, 15) is 22.0 Å². The van der Waals surface area contributed by atoms with Crippen LogP contribution in [0.25, 0.3) is 0 Å². The second kappa shape index (κ2) is 9.26. The molecule has 0 saturated heterocycles. The predicted octanol–water partition coefficient (Wildman–Crippen LogP) is 4.15. The number of nitrogens with one attached hydrogen (secondary N) is 1. The van der Waals surface area contributed by atoms with Crippen LogP contribution < -0.4 is 9.62 Å². The van der Waals surface area contributed by atoms with Crippen molar-refractivity contribution in [2.45, 2.75) is 24.3 Å². The van der Waals surface area contributed by atoms with Gasteiger partial charge in [-0.05, 0) is 61.9 Å². The van der Waals surface area contributed by atoms with Crippen molar-refractivity contribution in [3.63, 3.8) is 0 Å². The van der Waals surface area contributed by atoms with Crippen LogP contribution >= 0.6 is 0 Å². The number of carbonyl (C=O) groups excluding carboxylic acids is 1. The van der Waals surface area contributed by atoms with Crippen molar-refractivity contribution in [3.8, 4) is 0 Å². The normalized spacial score (nSPS) is 12.3. The minimum atomic E-state index is -3.79. The molecule has 1 unspecified atom stereocenters. The Morgan fingerprint density at radius 3 is 2.10 bits per heavy atom. The van der Waals surface area contributed by atoms with Gasteiger partial charge >= 0.3 is 0 Å². The third-order valence-electron chi connectivity index (χ3n) is 4.84. The molecule has 1 atom stereocenters. The van der Waals surface area contributed by atoms with E-state index in [0.29, 0.717) is 5.69 Å². The molecule has 5 nitrogen and oxygen atoms in total. The van der Waals surface area contributed by atoms with Crippen molar-refractivity contribution < 1.29 is 22.0 Å². The first-order chi connectivity index (χ1) is 14.7. The topological polar surface area (TPSA) is 66.5 Å². The lowest BCUT2D eigenvalue weighted by Crippen LogP contribution is -2.34. The van der Waals surface area contributed by atoms with Gasteiger partial charge in [0, 0.05) is 24.2 Å². The minimum Gasteiger partial charge on any atom is -0.349 e. The molecule has 8 heteroatoms. The smallest absolute Gasteiger partial charge is 0.264 e. The number of anilines is 1. The first-order valence-electron chi connectivity index (χ1n) is 9.58. The van der Waals surface area contributed by atoms with Gasteiger partial charge in [-0.15, -0.1) is 0 Å². The fourth-order valence-corrected chi connectivity index (χ4v) is 4.30. The molecule has 0 aliphatic carbocycles. The van der Waals surface area contributed by atoms with Crippen LogP contribution in [-0.4, -0.2) is 27.4 Å². The van der Waals surface area contributed by atoms with Crippen LogP contribution in [-0.2, 0) is 16.4 Å².